The molecule has 9 heteroatoms. The van der Waals surface area contributed by atoms with E-state index in [1.807, 2.05) is 6.92 Å². The van der Waals surface area contributed by atoms with Crippen LogP contribution in [0.3, 0.4) is 0 Å². The van der Waals surface area contributed by atoms with E-state index in [1.165, 1.54) is 23.4 Å². The van der Waals surface area contributed by atoms with E-state index in [-0.39, 0.29) is 18.3 Å². The Hall–Kier alpha value is -3.30. The lowest BCUT2D eigenvalue weighted by Gasteiger charge is -2.19. The van der Waals surface area contributed by atoms with Crippen LogP contribution in [0.1, 0.15) is 13.3 Å². The van der Waals surface area contributed by atoms with Crippen LogP contribution in [-0.2, 0) is 0 Å². The number of aromatic nitrogens is 4. The van der Waals surface area contributed by atoms with Crippen LogP contribution in [-0.4, -0.2) is 37.1 Å². The van der Waals surface area contributed by atoms with E-state index in [0.717, 1.165) is 5.56 Å². The molecule has 0 saturated carbocycles. The van der Waals surface area contributed by atoms with Crippen molar-refractivity contribution in [2.24, 2.45) is 5.84 Å². The second-order valence-corrected chi connectivity index (χ2v) is 6.33. The summed E-state index contributed by atoms with van der Waals surface area (Å²) in [6.45, 7) is 2.07. The van der Waals surface area contributed by atoms with Gasteiger partial charge in [-0.2, -0.15) is 4.98 Å². The van der Waals surface area contributed by atoms with E-state index in [1.54, 1.807) is 35.0 Å². The normalized spacial score (nSPS) is 12.4. The predicted octanol–water partition coefficient (Wildman–Crippen LogP) is 2.64. The van der Waals surface area contributed by atoms with Crippen molar-refractivity contribution in [3.63, 3.8) is 0 Å². The third kappa shape index (κ3) is 3.32. The van der Waals surface area contributed by atoms with Gasteiger partial charge in [-0.3, -0.25) is 9.41 Å². The molecule has 144 valence electrons. The summed E-state index contributed by atoms with van der Waals surface area (Å²) < 4.78 is 20.5. The Morgan fingerprint density at radius 2 is 2.04 bits per heavy atom. The standard InChI is InChI=1S/C19H19FN6O2/c1-2-14(27)11-26(21)18-22-8-7-15(23-18)17-16(12-3-5-13(20)6-4-12)24-19-25(17)9-10-28-19/h3-10,14,27H,2,11,21H2,1H3. The van der Waals surface area contributed by atoms with Crippen LogP contribution < -0.4 is 10.9 Å². The number of halogens is 1. The molecular weight excluding hydrogens is 363 g/mol. The smallest absolute Gasteiger partial charge is 0.306 e. The highest BCUT2D eigenvalue weighted by Gasteiger charge is 2.20. The zero-order valence-corrected chi connectivity index (χ0v) is 15.2. The van der Waals surface area contributed by atoms with Gasteiger partial charge in [0.2, 0.25) is 5.95 Å². The number of hydrazine groups is 1. The maximum atomic E-state index is 13.3. The molecule has 0 amide bonds. The number of anilines is 1. The van der Waals surface area contributed by atoms with Crippen molar-refractivity contribution in [2.75, 3.05) is 11.6 Å². The number of hydrogen-bond donors (Lipinski definition) is 2. The van der Waals surface area contributed by atoms with Gasteiger partial charge in [0.15, 0.2) is 0 Å². The minimum atomic E-state index is -0.581. The Morgan fingerprint density at radius 3 is 2.79 bits per heavy atom. The molecule has 0 aliphatic carbocycles. The van der Waals surface area contributed by atoms with Gasteiger partial charge in [0.25, 0.3) is 0 Å². The Bertz CT molecular complexity index is 1090. The lowest BCUT2D eigenvalue weighted by molar-refractivity contribution is 0.175. The highest BCUT2D eigenvalue weighted by molar-refractivity contribution is 5.79. The minimum Gasteiger partial charge on any atom is -0.432 e. The second kappa shape index (κ2) is 7.37. The Kier molecular flexibility index (Phi) is 4.76. The molecule has 0 fully saturated rings. The monoisotopic (exact) mass is 382 g/mol. The zero-order chi connectivity index (χ0) is 19.7. The van der Waals surface area contributed by atoms with Crippen molar-refractivity contribution in [1.29, 1.82) is 0 Å². The van der Waals surface area contributed by atoms with E-state index < -0.39 is 6.10 Å². The fraction of sp³-hybridized carbons (Fsp3) is 0.211. The molecular formula is C19H19FN6O2. The summed E-state index contributed by atoms with van der Waals surface area (Å²) in [5, 5.41) is 11.1. The summed E-state index contributed by atoms with van der Waals surface area (Å²) in [7, 11) is 0. The number of hydrogen-bond acceptors (Lipinski definition) is 7. The summed E-state index contributed by atoms with van der Waals surface area (Å²) >= 11 is 0. The molecule has 1 unspecified atom stereocenters. The molecule has 3 heterocycles. The van der Waals surface area contributed by atoms with Gasteiger partial charge in [0, 0.05) is 18.0 Å². The van der Waals surface area contributed by atoms with Gasteiger partial charge in [-0.25, -0.2) is 20.2 Å². The largest absolute Gasteiger partial charge is 0.432 e. The van der Waals surface area contributed by atoms with E-state index in [0.29, 0.717) is 29.3 Å². The van der Waals surface area contributed by atoms with Crippen molar-refractivity contribution in [3.8, 4) is 22.6 Å². The lowest BCUT2D eigenvalue weighted by Crippen LogP contribution is -2.39. The van der Waals surface area contributed by atoms with Gasteiger partial charge in [-0.1, -0.05) is 6.92 Å². The van der Waals surface area contributed by atoms with Gasteiger partial charge in [0.05, 0.1) is 18.3 Å². The number of imidazole rings is 1. The van der Waals surface area contributed by atoms with Crippen LogP contribution in [0.15, 0.2) is 53.4 Å². The molecule has 0 aliphatic rings. The van der Waals surface area contributed by atoms with Crippen LogP contribution in [0.4, 0.5) is 10.3 Å². The molecule has 3 aromatic heterocycles. The molecule has 0 radical (unpaired) electrons. The highest BCUT2D eigenvalue weighted by Crippen LogP contribution is 2.32. The maximum absolute atomic E-state index is 13.3. The zero-order valence-electron chi connectivity index (χ0n) is 15.2. The van der Waals surface area contributed by atoms with Crippen molar-refractivity contribution in [3.05, 3.63) is 54.8 Å². The van der Waals surface area contributed by atoms with Gasteiger partial charge < -0.3 is 9.52 Å². The third-order valence-electron chi connectivity index (χ3n) is 4.40. The van der Waals surface area contributed by atoms with E-state index in [9.17, 15) is 9.50 Å². The van der Waals surface area contributed by atoms with Crippen LogP contribution in [0, 0.1) is 5.82 Å². The van der Waals surface area contributed by atoms with Gasteiger partial charge >= 0.3 is 5.84 Å². The summed E-state index contributed by atoms with van der Waals surface area (Å²) in [6, 6.07) is 7.78. The molecule has 0 saturated heterocycles. The number of nitrogens with two attached hydrogens (primary N) is 1. The van der Waals surface area contributed by atoms with Gasteiger partial charge in [-0.05, 0) is 36.8 Å². The summed E-state index contributed by atoms with van der Waals surface area (Å²) in [5.74, 6) is 6.35. The molecule has 1 aromatic carbocycles. The average molecular weight is 382 g/mol. The molecule has 0 spiro atoms. The molecule has 4 rings (SSSR count). The van der Waals surface area contributed by atoms with Crippen molar-refractivity contribution in [1.82, 2.24) is 19.4 Å². The Morgan fingerprint density at radius 1 is 1.25 bits per heavy atom. The van der Waals surface area contributed by atoms with Crippen molar-refractivity contribution >= 4 is 11.8 Å². The number of aliphatic hydroxyl groups is 1. The summed E-state index contributed by atoms with van der Waals surface area (Å²) in [4.78, 5) is 13.2. The Labute approximate surface area is 160 Å². The molecule has 4 aromatic rings. The number of benzene rings is 1. The number of rotatable bonds is 6. The fourth-order valence-electron chi connectivity index (χ4n) is 2.90. The molecule has 0 bridgehead atoms. The van der Waals surface area contributed by atoms with Gasteiger partial charge in [-0.15, -0.1) is 0 Å². The highest BCUT2D eigenvalue weighted by atomic mass is 19.1. The molecule has 0 aliphatic heterocycles. The maximum Gasteiger partial charge on any atom is 0.306 e. The third-order valence-corrected chi connectivity index (χ3v) is 4.40. The summed E-state index contributed by atoms with van der Waals surface area (Å²) in [5.41, 5.74) is 2.56. The van der Waals surface area contributed by atoms with Crippen LogP contribution in [0.5, 0.6) is 0 Å². The SMILES string of the molecule is CCC(O)CN(N)c1nccc(-c2c(-c3ccc(F)cc3)nc3occn23)n1. The second-order valence-electron chi connectivity index (χ2n) is 6.33. The number of aliphatic hydroxyl groups excluding tert-OH is 1. The van der Waals surface area contributed by atoms with Crippen LogP contribution in [0.2, 0.25) is 0 Å². The molecule has 28 heavy (non-hydrogen) atoms. The number of nitrogens with zero attached hydrogens (tertiary/aromatic N) is 5. The quantitative estimate of drug-likeness (QED) is 0.390. The van der Waals surface area contributed by atoms with Crippen LogP contribution in [0.25, 0.3) is 28.5 Å². The van der Waals surface area contributed by atoms with Crippen LogP contribution >= 0.6 is 0 Å². The first-order chi connectivity index (χ1) is 13.6. The summed E-state index contributed by atoms with van der Waals surface area (Å²) in [6.07, 6.45) is 4.83. The van der Waals surface area contributed by atoms with E-state index in [4.69, 9.17) is 10.3 Å². The predicted molar refractivity (Wildman–Crippen MR) is 102 cm³/mol. The first kappa shape index (κ1) is 18.1. The number of fused-ring (bicyclic) bond motifs is 1. The first-order valence-electron chi connectivity index (χ1n) is 8.82. The molecule has 1 atom stereocenters. The average Bonchev–Trinajstić information content (AvgIpc) is 3.29. The fourth-order valence-corrected chi connectivity index (χ4v) is 2.90. The minimum absolute atomic E-state index is 0.207. The van der Waals surface area contributed by atoms with E-state index >= 15 is 0 Å². The first-order valence-corrected chi connectivity index (χ1v) is 8.82. The topological polar surface area (TPSA) is 106 Å². The van der Waals surface area contributed by atoms with Crippen molar-refractivity contribution in [2.45, 2.75) is 19.4 Å². The van der Waals surface area contributed by atoms with Crippen molar-refractivity contribution < 1.29 is 13.9 Å². The van der Waals surface area contributed by atoms with Gasteiger partial charge in [0.1, 0.15) is 23.5 Å². The molecule has 3 N–H and O–H groups in total. The number of oxazole rings is 1. The van der Waals surface area contributed by atoms with E-state index in [2.05, 4.69) is 15.0 Å². The molecule has 8 nitrogen and oxygen atoms in total. The lowest BCUT2D eigenvalue weighted by atomic mass is 10.1. The Balaban J connectivity index is 1.81.